The van der Waals surface area contributed by atoms with Gasteiger partial charge in [-0.25, -0.2) is 8.42 Å². The van der Waals surface area contributed by atoms with Crippen LogP contribution in [0.3, 0.4) is 0 Å². The Labute approximate surface area is 193 Å². The Hall–Kier alpha value is -3.85. The maximum Gasteiger partial charge on any atom is 0.262 e. The molecule has 0 unspecified atom stereocenters. The van der Waals surface area contributed by atoms with Gasteiger partial charge in [-0.3, -0.25) is 4.72 Å². The first-order valence-corrected chi connectivity index (χ1v) is 11.3. The van der Waals surface area contributed by atoms with E-state index in [9.17, 15) is 13.5 Å². The van der Waals surface area contributed by atoms with Crippen LogP contribution in [0, 0.1) is 0 Å². The number of phenolic OH excluding ortho intramolecular Hbond substituents is 1. The summed E-state index contributed by atoms with van der Waals surface area (Å²) in [6.45, 7) is 0. The normalized spacial score (nSPS) is 11.3. The number of hydrogen-bond acceptors (Lipinski definition) is 7. The molecule has 33 heavy (non-hydrogen) atoms. The predicted molar refractivity (Wildman–Crippen MR) is 127 cm³/mol. The summed E-state index contributed by atoms with van der Waals surface area (Å²) in [7, 11) is 2.06. The van der Waals surface area contributed by atoms with Gasteiger partial charge in [0, 0.05) is 0 Å². The van der Waals surface area contributed by atoms with Crippen molar-refractivity contribution >= 4 is 27.9 Å². The van der Waals surface area contributed by atoms with Crippen LogP contribution in [0.15, 0.2) is 59.5 Å². The van der Waals surface area contributed by atoms with Gasteiger partial charge in [0.05, 0.1) is 39.0 Å². The first-order valence-electron chi connectivity index (χ1n) is 9.80. The quantitative estimate of drug-likeness (QED) is 0.352. The third-order valence-electron chi connectivity index (χ3n) is 4.77. The zero-order valence-electron chi connectivity index (χ0n) is 18.7. The first kappa shape index (κ1) is 23.8. The maximum absolute atomic E-state index is 12.7. The second-order valence-electron chi connectivity index (χ2n) is 6.83. The Balaban J connectivity index is 1.99. The molecule has 0 amide bonds. The molecular weight excluding hydrogens is 446 g/mol. The van der Waals surface area contributed by atoms with Gasteiger partial charge in [0.25, 0.3) is 10.0 Å². The number of methoxy groups -OCH3 is 4. The zero-order valence-corrected chi connectivity index (χ0v) is 19.5. The molecule has 2 N–H and O–H groups in total. The summed E-state index contributed by atoms with van der Waals surface area (Å²) in [5.74, 6) is 1.27. The minimum absolute atomic E-state index is 0.0113. The van der Waals surface area contributed by atoms with Gasteiger partial charge in [-0.1, -0.05) is 30.4 Å². The van der Waals surface area contributed by atoms with Crippen LogP contribution in [-0.2, 0) is 10.0 Å². The maximum atomic E-state index is 12.7. The van der Waals surface area contributed by atoms with E-state index in [1.54, 1.807) is 48.6 Å². The number of ether oxygens (including phenoxy) is 4. The van der Waals surface area contributed by atoms with E-state index in [2.05, 4.69) is 4.72 Å². The summed E-state index contributed by atoms with van der Waals surface area (Å²) < 4.78 is 49.2. The lowest BCUT2D eigenvalue weighted by molar-refractivity contribution is 0.324. The van der Waals surface area contributed by atoms with Crippen LogP contribution in [0.4, 0.5) is 5.69 Å². The van der Waals surface area contributed by atoms with E-state index < -0.39 is 10.0 Å². The fraction of sp³-hybridized carbons (Fsp3) is 0.167. The van der Waals surface area contributed by atoms with Gasteiger partial charge in [-0.05, 0) is 47.5 Å². The third-order valence-corrected chi connectivity index (χ3v) is 6.15. The summed E-state index contributed by atoms with van der Waals surface area (Å²) in [5, 5.41) is 10.5. The summed E-state index contributed by atoms with van der Waals surface area (Å²) in [5.41, 5.74) is 1.33. The molecule has 0 atom stereocenters. The van der Waals surface area contributed by atoms with Gasteiger partial charge in [0.15, 0.2) is 23.0 Å². The molecule has 0 spiro atoms. The number of hydrogen-bond donors (Lipinski definition) is 2. The van der Waals surface area contributed by atoms with Gasteiger partial charge < -0.3 is 24.1 Å². The Morgan fingerprint density at radius 1 is 0.758 bits per heavy atom. The van der Waals surface area contributed by atoms with Crippen molar-refractivity contribution in [2.24, 2.45) is 0 Å². The molecule has 0 aliphatic carbocycles. The number of anilines is 1. The van der Waals surface area contributed by atoms with Gasteiger partial charge in [-0.15, -0.1) is 0 Å². The van der Waals surface area contributed by atoms with Crippen molar-refractivity contribution in [3.05, 3.63) is 65.7 Å². The summed E-state index contributed by atoms with van der Waals surface area (Å²) >= 11 is 0. The Kier molecular flexibility index (Phi) is 7.34. The fourth-order valence-electron chi connectivity index (χ4n) is 3.15. The Bertz CT molecular complexity index is 1230. The van der Waals surface area contributed by atoms with Crippen molar-refractivity contribution in [1.29, 1.82) is 0 Å². The molecule has 0 heterocycles. The van der Waals surface area contributed by atoms with Crippen molar-refractivity contribution in [3.8, 4) is 28.7 Å². The van der Waals surface area contributed by atoms with Crippen molar-refractivity contribution in [3.63, 3.8) is 0 Å². The summed E-state index contributed by atoms with van der Waals surface area (Å²) in [6.07, 6.45) is 3.52. The number of nitrogens with one attached hydrogen (secondary N) is 1. The van der Waals surface area contributed by atoms with E-state index in [1.165, 1.54) is 46.6 Å². The highest BCUT2D eigenvalue weighted by Gasteiger charge is 2.18. The highest BCUT2D eigenvalue weighted by atomic mass is 32.2. The average molecular weight is 472 g/mol. The average Bonchev–Trinajstić information content (AvgIpc) is 2.83. The molecular formula is C24H25NO7S. The zero-order chi connectivity index (χ0) is 24.0. The van der Waals surface area contributed by atoms with Crippen molar-refractivity contribution in [2.45, 2.75) is 4.90 Å². The van der Waals surface area contributed by atoms with Crippen LogP contribution < -0.4 is 23.7 Å². The monoisotopic (exact) mass is 471 g/mol. The SMILES string of the molecule is COc1cc(/C=C\c2cc(OC)c(OC)c(OC)c2)cc(NS(=O)(=O)c2ccccc2)c1O. The first-order chi connectivity index (χ1) is 15.8. The molecule has 3 rings (SSSR count). The van der Waals surface area contributed by atoms with Crippen LogP contribution >= 0.6 is 0 Å². The molecule has 9 heteroatoms. The third kappa shape index (κ3) is 5.32. The Morgan fingerprint density at radius 3 is 1.79 bits per heavy atom. The van der Waals surface area contributed by atoms with Crippen molar-refractivity contribution in [1.82, 2.24) is 0 Å². The molecule has 3 aromatic rings. The summed E-state index contributed by atoms with van der Waals surface area (Å²) in [4.78, 5) is 0.0711. The predicted octanol–water partition coefficient (Wildman–Crippen LogP) is 4.40. The lowest BCUT2D eigenvalue weighted by Gasteiger charge is -2.14. The minimum Gasteiger partial charge on any atom is -0.503 e. The highest BCUT2D eigenvalue weighted by molar-refractivity contribution is 7.92. The molecule has 0 saturated carbocycles. The van der Waals surface area contributed by atoms with Gasteiger partial charge >= 0.3 is 0 Å². The molecule has 8 nitrogen and oxygen atoms in total. The molecule has 0 fully saturated rings. The Morgan fingerprint density at radius 2 is 1.27 bits per heavy atom. The minimum atomic E-state index is -3.91. The molecule has 0 aliphatic heterocycles. The smallest absolute Gasteiger partial charge is 0.262 e. The number of benzene rings is 3. The number of rotatable bonds is 9. The standard InChI is InChI=1S/C24H25NO7S/c1-29-20-13-16(10-11-17-14-21(30-2)24(32-4)22(15-17)31-3)12-19(23(20)26)25-33(27,28)18-8-6-5-7-9-18/h5-15,25-26H,1-4H3/b11-10-. The lowest BCUT2D eigenvalue weighted by atomic mass is 10.1. The number of aromatic hydroxyl groups is 1. The van der Waals surface area contributed by atoms with Gasteiger partial charge in [0.1, 0.15) is 0 Å². The second-order valence-corrected chi connectivity index (χ2v) is 8.51. The van der Waals surface area contributed by atoms with E-state index in [1.807, 2.05) is 0 Å². The van der Waals surface area contributed by atoms with E-state index >= 15 is 0 Å². The molecule has 0 aromatic heterocycles. The molecule has 0 aliphatic rings. The molecule has 0 bridgehead atoms. The van der Waals surface area contributed by atoms with Crippen molar-refractivity contribution < 1.29 is 32.5 Å². The van der Waals surface area contributed by atoms with E-state index in [-0.39, 0.29) is 22.1 Å². The number of sulfonamides is 1. The lowest BCUT2D eigenvalue weighted by Crippen LogP contribution is -2.13. The number of phenols is 1. The highest BCUT2D eigenvalue weighted by Crippen LogP contribution is 2.40. The second kappa shape index (κ2) is 10.2. The largest absolute Gasteiger partial charge is 0.503 e. The molecule has 3 aromatic carbocycles. The van der Waals surface area contributed by atoms with Gasteiger partial charge in [-0.2, -0.15) is 0 Å². The van der Waals surface area contributed by atoms with Crippen LogP contribution in [0.1, 0.15) is 11.1 Å². The van der Waals surface area contributed by atoms with E-state index in [4.69, 9.17) is 18.9 Å². The van der Waals surface area contributed by atoms with E-state index in [0.717, 1.165) is 5.56 Å². The van der Waals surface area contributed by atoms with Gasteiger partial charge in [0.2, 0.25) is 5.75 Å². The molecule has 0 saturated heterocycles. The molecule has 174 valence electrons. The fourth-order valence-corrected chi connectivity index (χ4v) is 4.23. The van der Waals surface area contributed by atoms with Crippen LogP contribution in [0.5, 0.6) is 28.7 Å². The topological polar surface area (TPSA) is 103 Å². The summed E-state index contributed by atoms with van der Waals surface area (Å²) in [6, 6.07) is 14.5. The van der Waals surface area contributed by atoms with Crippen LogP contribution in [0.2, 0.25) is 0 Å². The van der Waals surface area contributed by atoms with Crippen molar-refractivity contribution in [2.75, 3.05) is 33.2 Å². The van der Waals surface area contributed by atoms with Crippen LogP contribution in [-0.4, -0.2) is 42.0 Å². The van der Waals surface area contributed by atoms with Crippen LogP contribution in [0.25, 0.3) is 12.2 Å². The molecule has 0 radical (unpaired) electrons. The van der Waals surface area contributed by atoms with E-state index in [0.29, 0.717) is 22.8 Å².